The van der Waals surface area contributed by atoms with Crippen molar-refractivity contribution in [1.82, 2.24) is 14.7 Å². The molecule has 9 heteroatoms. The Bertz CT molecular complexity index is 1250. The summed E-state index contributed by atoms with van der Waals surface area (Å²) in [4.78, 5) is 38.6. The molecule has 1 aromatic heterocycles. The Morgan fingerprint density at radius 1 is 1.03 bits per heavy atom. The second-order valence-corrected chi connectivity index (χ2v) is 8.92. The molecule has 3 aromatic rings. The van der Waals surface area contributed by atoms with Gasteiger partial charge in [0.1, 0.15) is 12.2 Å². The van der Waals surface area contributed by atoms with Crippen LogP contribution >= 0.6 is 0 Å². The normalized spacial score (nSPS) is 15.4. The smallest absolute Gasteiger partial charge is 0.412 e. The van der Waals surface area contributed by atoms with E-state index >= 15 is 0 Å². The van der Waals surface area contributed by atoms with Crippen molar-refractivity contribution in [3.8, 4) is 11.1 Å². The maximum Gasteiger partial charge on any atom is 0.412 e. The molecule has 2 heterocycles. The molecule has 2 amide bonds. The molecular weight excluding hydrogens is 448 g/mol. The van der Waals surface area contributed by atoms with Gasteiger partial charge in [0, 0.05) is 32.3 Å². The van der Waals surface area contributed by atoms with Crippen LogP contribution in [0.2, 0.25) is 0 Å². The minimum absolute atomic E-state index is 0.0754. The fourth-order valence-electron chi connectivity index (χ4n) is 4.97. The topological polar surface area (TPSA) is 114 Å². The van der Waals surface area contributed by atoms with E-state index in [4.69, 9.17) is 4.74 Å². The minimum atomic E-state index is -0.837. The van der Waals surface area contributed by atoms with Crippen LogP contribution in [0.1, 0.15) is 40.2 Å². The second kappa shape index (κ2) is 9.25. The number of benzene rings is 2. The van der Waals surface area contributed by atoms with Gasteiger partial charge in [0.25, 0.3) is 5.91 Å². The molecule has 0 spiro atoms. The van der Waals surface area contributed by atoms with E-state index in [0.717, 1.165) is 22.3 Å². The van der Waals surface area contributed by atoms with Crippen molar-refractivity contribution in [2.75, 3.05) is 25.0 Å². The van der Waals surface area contributed by atoms with Gasteiger partial charge in [0.15, 0.2) is 5.82 Å². The number of nitrogens with one attached hydrogen (secondary N) is 1. The predicted octanol–water partition coefficient (Wildman–Crippen LogP) is 3.72. The predicted molar refractivity (Wildman–Crippen MR) is 128 cm³/mol. The number of piperidine rings is 1. The van der Waals surface area contributed by atoms with Crippen LogP contribution in [0.5, 0.6) is 0 Å². The van der Waals surface area contributed by atoms with E-state index < -0.39 is 18.0 Å². The van der Waals surface area contributed by atoms with Gasteiger partial charge in [0.05, 0.1) is 5.92 Å². The maximum absolute atomic E-state index is 13.1. The lowest BCUT2D eigenvalue weighted by Crippen LogP contribution is -2.40. The Morgan fingerprint density at radius 2 is 1.63 bits per heavy atom. The summed E-state index contributed by atoms with van der Waals surface area (Å²) in [7, 11) is 1.66. The van der Waals surface area contributed by atoms with E-state index in [9.17, 15) is 19.5 Å². The number of aromatic nitrogens is 2. The number of rotatable bonds is 5. The molecule has 0 atom stereocenters. The molecule has 1 fully saturated rings. The van der Waals surface area contributed by atoms with E-state index in [-0.39, 0.29) is 29.8 Å². The number of ether oxygens (including phenoxy) is 1. The molecule has 1 aliphatic heterocycles. The molecule has 35 heavy (non-hydrogen) atoms. The highest BCUT2D eigenvalue weighted by molar-refractivity contribution is 6.01. The van der Waals surface area contributed by atoms with Crippen LogP contribution in [0.3, 0.4) is 0 Å². The number of aliphatic carboxylic acids is 1. The molecule has 180 valence electrons. The zero-order valence-corrected chi connectivity index (χ0v) is 19.3. The lowest BCUT2D eigenvalue weighted by molar-refractivity contribution is -0.143. The SMILES string of the molecule is Cn1cc(C(=O)N2CCC(C(=O)O)CC2)c(NC(=O)OCC2c3ccccc3-c3ccccc32)n1. The van der Waals surface area contributed by atoms with Gasteiger partial charge in [-0.1, -0.05) is 48.5 Å². The van der Waals surface area contributed by atoms with Crippen molar-refractivity contribution in [3.05, 3.63) is 71.4 Å². The number of carboxylic acids is 1. The molecule has 0 saturated carbocycles. The second-order valence-electron chi connectivity index (χ2n) is 8.92. The molecule has 2 aliphatic rings. The minimum Gasteiger partial charge on any atom is -0.481 e. The summed E-state index contributed by atoms with van der Waals surface area (Å²) in [5.41, 5.74) is 4.75. The molecule has 2 aromatic carbocycles. The zero-order chi connectivity index (χ0) is 24.5. The van der Waals surface area contributed by atoms with Crippen molar-refractivity contribution >= 4 is 23.8 Å². The number of carbonyl (C=O) groups is 3. The molecule has 2 N–H and O–H groups in total. The summed E-state index contributed by atoms with van der Waals surface area (Å²) in [6.07, 6.45) is 1.65. The summed E-state index contributed by atoms with van der Waals surface area (Å²) in [5, 5.41) is 16.0. The highest BCUT2D eigenvalue weighted by atomic mass is 16.5. The first kappa shape index (κ1) is 22.6. The fourth-order valence-corrected chi connectivity index (χ4v) is 4.97. The highest BCUT2D eigenvalue weighted by Gasteiger charge is 2.31. The van der Waals surface area contributed by atoms with Crippen molar-refractivity contribution in [3.63, 3.8) is 0 Å². The first-order chi connectivity index (χ1) is 16.9. The quantitative estimate of drug-likeness (QED) is 0.583. The number of hydrogen-bond acceptors (Lipinski definition) is 5. The standard InChI is InChI=1S/C26H26N4O5/c1-29-14-21(24(31)30-12-10-16(11-13-30)25(32)33)23(28-29)27-26(34)35-15-22-19-8-4-2-6-17(19)18-7-3-5-9-20(18)22/h2-9,14,16,22H,10-13,15H2,1H3,(H,32,33)(H,27,28,34). The third kappa shape index (κ3) is 4.37. The lowest BCUT2D eigenvalue weighted by atomic mass is 9.97. The van der Waals surface area contributed by atoms with E-state index in [2.05, 4.69) is 22.5 Å². The number of aryl methyl sites for hydroxylation is 1. The zero-order valence-electron chi connectivity index (χ0n) is 19.3. The van der Waals surface area contributed by atoms with Crippen LogP contribution in [-0.4, -0.2) is 57.5 Å². The number of anilines is 1. The largest absolute Gasteiger partial charge is 0.481 e. The molecule has 0 bridgehead atoms. The summed E-state index contributed by atoms with van der Waals surface area (Å²) in [5.74, 6) is -1.53. The lowest BCUT2D eigenvalue weighted by Gasteiger charge is -2.30. The van der Waals surface area contributed by atoms with E-state index in [1.54, 1.807) is 18.1 Å². The number of nitrogens with zero attached hydrogens (tertiary/aromatic N) is 3. The van der Waals surface area contributed by atoms with Gasteiger partial charge in [-0.2, -0.15) is 5.10 Å². The van der Waals surface area contributed by atoms with Crippen LogP contribution in [0.25, 0.3) is 11.1 Å². The van der Waals surface area contributed by atoms with Crippen LogP contribution < -0.4 is 5.32 Å². The number of likely N-dealkylation sites (tertiary alicyclic amines) is 1. The van der Waals surface area contributed by atoms with Crippen LogP contribution in [0, 0.1) is 5.92 Å². The molecule has 1 saturated heterocycles. The summed E-state index contributed by atoms with van der Waals surface area (Å²) in [6.45, 7) is 0.836. The third-order valence-electron chi connectivity index (χ3n) is 6.75. The summed E-state index contributed by atoms with van der Waals surface area (Å²) < 4.78 is 7.04. The number of carbonyl (C=O) groups excluding carboxylic acids is 2. The molecular formula is C26H26N4O5. The van der Waals surface area contributed by atoms with E-state index in [1.807, 2.05) is 36.4 Å². The van der Waals surface area contributed by atoms with Crippen molar-refractivity contribution in [1.29, 1.82) is 0 Å². The molecule has 0 radical (unpaired) electrons. The van der Waals surface area contributed by atoms with Gasteiger partial charge in [-0.3, -0.25) is 19.6 Å². The van der Waals surface area contributed by atoms with Crippen LogP contribution in [0.4, 0.5) is 10.6 Å². The van der Waals surface area contributed by atoms with Crippen molar-refractivity contribution in [2.24, 2.45) is 13.0 Å². The van der Waals surface area contributed by atoms with Gasteiger partial charge in [-0.05, 0) is 35.1 Å². The van der Waals surface area contributed by atoms with Gasteiger partial charge < -0.3 is 14.7 Å². The highest BCUT2D eigenvalue weighted by Crippen LogP contribution is 2.44. The van der Waals surface area contributed by atoms with Crippen LogP contribution in [0.15, 0.2) is 54.7 Å². The Morgan fingerprint density at radius 3 is 2.23 bits per heavy atom. The van der Waals surface area contributed by atoms with E-state index in [0.29, 0.717) is 25.9 Å². The summed E-state index contributed by atoms with van der Waals surface area (Å²) in [6, 6.07) is 16.2. The molecule has 5 rings (SSSR count). The number of hydrogen-bond donors (Lipinski definition) is 2. The fraction of sp³-hybridized carbons (Fsp3) is 0.308. The maximum atomic E-state index is 13.1. The Kier molecular flexibility index (Phi) is 5.98. The Labute approximate surface area is 202 Å². The molecule has 9 nitrogen and oxygen atoms in total. The van der Waals surface area contributed by atoms with Crippen molar-refractivity contribution in [2.45, 2.75) is 18.8 Å². The Balaban J connectivity index is 1.26. The van der Waals surface area contributed by atoms with Crippen LogP contribution in [-0.2, 0) is 16.6 Å². The number of fused-ring (bicyclic) bond motifs is 3. The molecule has 1 aliphatic carbocycles. The first-order valence-corrected chi connectivity index (χ1v) is 11.6. The van der Waals surface area contributed by atoms with Crippen molar-refractivity contribution < 1.29 is 24.2 Å². The number of carboxylic acid groups (broad SMARTS) is 1. The first-order valence-electron chi connectivity index (χ1n) is 11.6. The van der Waals surface area contributed by atoms with Gasteiger partial charge in [0.2, 0.25) is 0 Å². The molecule has 0 unspecified atom stereocenters. The average molecular weight is 475 g/mol. The monoisotopic (exact) mass is 474 g/mol. The van der Waals surface area contributed by atoms with Gasteiger partial charge >= 0.3 is 12.1 Å². The third-order valence-corrected chi connectivity index (χ3v) is 6.75. The number of amides is 2. The van der Waals surface area contributed by atoms with Gasteiger partial charge in [-0.15, -0.1) is 0 Å². The Hall–Kier alpha value is -4.14. The van der Waals surface area contributed by atoms with Gasteiger partial charge in [-0.25, -0.2) is 4.79 Å². The summed E-state index contributed by atoms with van der Waals surface area (Å²) >= 11 is 0. The van der Waals surface area contributed by atoms with E-state index in [1.165, 1.54) is 4.68 Å². The average Bonchev–Trinajstić information content (AvgIpc) is 3.39.